The minimum absolute atomic E-state index is 0.111. The molecular formula is C15H11Cl3FN5O4S. The average Bonchev–Trinajstić information content (AvgIpc) is 3.09. The van der Waals surface area contributed by atoms with Gasteiger partial charge in [0, 0.05) is 6.07 Å². The van der Waals surface area contributed by atoms with Gasteiger partial charge in [-0.1, -0.05) is 29.3 Å². The van der Waals surface area contributed by atoms with Gasteiger partial charge >= 0.3 is 16.0 Å². The van der Waals surface area contributed by atoms with E-state index >= 15 is 0 Å². The molecule has 29 heavy (non-hydrogen) atoms. The number of benzene rings is 1. The molecule has 0 N–H and O–H groups in total. The van der Waals surface area contributed by atoms with Crippen molar-refractivity contribution in [1.82, 2.24) is 19.6 Å². The number of nitrogens with zero attached hydrogens (tertiary/aromatic N) is 5. The van der Waals surface area contributed by atoms with Gasteiger partial charge in [0.15, 0.2) is 5.65 Å². The monoisotopic (exact) mass is 481 g/mol. The number of sulfonamides is 1. The lowest BCUT2D eigenvalue weighted by Crippen LogP contribution is -2.39. The summed E-state index contributed by atoms with van der Waals surface area (Å²) in [7, 11) is -4.74. The first kappa shape index (κ1) is 21.5. The quantitative estimate of drug-likeness (QED) is 0.393. The number of halogens is 4. The average molecular weight is 483 g/mol. The Bertz CT molecular complexity index is 1180. The summed E-state index contributed by atoms with van der Waals surface area (Å²) in [5, 5.41) is 2.73. The predicted molar refractivity (Wildman–Crippen MR) is 104 cm³/mol. The highest BCUT2D eigenvalue weighted by molar-refractivity contribution is 7.93. The van der Waals surface area contributed by atoms with Gasteiger partial charge in [-0.15, -0.1) is 16.7 Å². The van der Waals surface area contributed by atoms with E-state index in [-0.39, 0.29) is 34.0 Å². The number of anilines is 1. The van der Waals surface area contributed by atoms with E-state index in [9.17, 15) is 17.6 Å². The van der Waals surface area contributed by atoms with Crippen LogP contribution in [0, 0.1) is 5.95 Å². The third-order valence-corrected chi connectivity index (χ3v) is 5.81. The summed E-state index contributed by atoms with van der Waals surface area (Å²) in [6.45, 7) is 1.73. The zero-order valence-corrected chi connectivity index (χ0v) is 17.6. The van der Waals surface area contributed by atoms with E-state index in [2.05, 4.69) is 15.1 Å². The van der Waals surface area contributed by atoms with Crippen LogP contribution in [-0.2, 0) is 14.8 Å². The van der Waals surface area contributed by atoms with Gasteiger partial charge in [0.05, 0.1) is 22.3 Å². The van der Waals surface area contributed by atoms with Crippen molar-refractivity contribution < 1.29 is 22.3 Å². The Labute approximate surface area is 179 Å². The van der Waals surface area contributed by atoms with Crippen LogP contribution in [0.5, 0.6) is 6.01 Å². The van der Waals surface area contributed by atoms with E-state index in [0.717, 1.165) is 10.6 Å². The predicted octanol–water partition coefficient (Wildman–Crippen LogP) is 2.93. The number of ether oxygens (including phenoxy) is 1. The number of aromatic nitrogens is 4. The molecular weight excluding hydrogens is 472 g/mol. The second kappa shape index (κ2) is 8.27. The van der Waals surface area contributed by atoms with Crippen LogP contribution in [0.3, 0.4) is 0 Å². The van der Waals surface area contributed by atoms with E-state index in [1.54, 1.807) is 6.92 Å². The van der Waals surface area contributed by atoms with Crippen LogP contribution in [0.4, 0.5) is 10.1 Å². The van der Waals surface area contributed by atoms with Crippen molar-refractivity contribution >= 4 is 62.1 Å². The highest BCUT2D eigenvalue weighted by atomic mass is 35.5. The number of amides is 1. The summed E-state index contributed by atoms with van der Waals surface area (Å²) in [6, 6.07) is 4.69. The molecule has 14 heteroatoms. The van der Waals surface area contributed by atoms with Gasteiger partial charge in [-0.3, -0.25) is 4.79 Å². The molecule has 0 fully saturated rings. The molecule has 0 aliphatic rings. The van der Waals surface area contributed by atoms with Crippen LogP contribution < -0.4 is 9.04 Å². The summed E-state index contributed by atoms with van der Waals surface area (Å²) >= 11 is 17.7. The van der Waals surface area contributed by atoms with Crippen LogP contribution >= 0.6 is 34.8 Å². The van der Waals surface area contributed by atoms with E-state index < -0.39 is 32.9 Å². The second-order valence-corrected chi connectivity index (χ2v) is 8.09. The normalized spacial score (nSPS) is 11.6. The number of carbonyl (C=O) groups is 1. The first-order valence-electron chi connectivity index (χ1n) is 7.85. The molecule has 0 radical (unpaired) electrons. The van der Waals surface area contributed by atoms with Crippen molar-refractivity contribution in [1.29, 1.82) is 0 Å². The van der Waals surface area contributed by atoms with Gasteiger partial charge in [0.25, 0.3) is 11.1 Å². The number of rotatable bonds is 6. The van der Waals surface area contributed by atoms with Crippen molar-refractivity contribution in [3.63, 3.8) is 0 Å². The van der Waals surface area contributed by atoms with Crippen LogP contribution in [0.25, 0.3) is 5.65 Å². The minimum Gasteiger partial charge on any atom is -0.464 e. The summed E-state index contributed by atoms with van der Waals surface area (Å²) in [4.78, 5) is 19.7. The molecule has 0 unspecified atom stereocenters. The summed E-state index contributed by atoms with van der Waals surface area (Å²) in [5.74, 6) is -2.70. The van der Waals surface area contributed by atoms with E-state index in [1.165, 1.54) is 18.2 Å². The molecule has 3 aromatic rings. The maximum absolute atomic E-state index is 13.7. The first-order valence-corrected chi connectivity index (χ1v) is 10.6. The Morgan fingerprint density at radius 2 is 1.93 bits per heavy atom. The molecule has 0 saturated carbocycles. The zero-order valence-electron chi connectivity index (χ0n) is 14.5. The lowest BCUT2D eigenvalue weighted by atomic mass is 10.3. The lowest BCUT2D eigenvalue weighted by Gasteiger charge is -2.22. The van der Waals surface area contributed by atoms with E-state index in [0.29, 0.717) is 4.31 Å². The third kappa shape index (κ3) is 3.95. The number of para-hydroxylation sites is 1. The molecule has 3 rings (SSSR count). The fourth-order valence-electron chi connectivity index (χ4n) is 2.35. The van der Waals surface area contributed by atoms with Crippen molar-refractivity contribution in [2.45, 2.75) is 12.1 Å². The summed E-state index contributed by atoms with van der Waals surface area (Å²) in [5.41, 5.74) is -0.516. The molecule has 0 aliphatic heterocycles. The van der Waals surface area contributed by atoms with Gasteiger partial charge in [0.1, 0.15) is 5.88 Å². The zero-order chi connectivity index (χ0) is 21.3. The molecule has 0 atom stereocenters. The van der Waals surface area contributed by atoms with Gasteiger partial charge in [-0.25, -0.2) is 0 Å². The largest absolute Gasteiger partial charge is 0.464 e. The molecule has 1 amide bonds. The fraction of sp³-hybridized carbons (Fsp3) is 0.200. The standard InChI is InChI=1S/C15H11Cl3FN5O4S/c1-2-28-15-20-10(19)6-11-21-14(22-23(11)15)29(26,27)24(12(25)7-16)13-8(17)4-3-5-9(13)18/h3-6H,2,7H2,1H3. The number of hydrogen-bond acceptors (Lipinski definition) is 7. The Morgan fingerprint density at radius 1 is 1.28 bits per heavy atom. The molecule has 0 bridgehead atoms. The SMILES string of the molecule is CCOc1nc(F)cc2nc(S(=O)(=O)N(C(=O)CCl)c3c(Cl)cccc3Cl)nn12. The number of carbonyl (C=O) groups excluding carboxylic acids is 1. The maximum atomic E-state index is 13.7. The number of fused-ring (bicyclic) bond motifs is 1. The van der Waals surface area contributed by atoms with Gasteiger partial charge < -0.3 is 4.74 Å². The van der Waals surface area contributed by atoms with Crippen LogP contribution in [0.2, 0.25) is 10.0 Å². The number of alkyl halides is 1. The van der Waals surface area contributed by atoms with E-state index in [1.807, 2.05) is 0 Å². The van der Waals surface area contributed by atoms with Crippen LogP contribution in [0.1, 0.15) is 6.92 Å². The molecule has 0 aliphatic carbocycles. The molecule has 0 saturated heterocycles. The summed E-state index contributed by atoms with van der Waals surface area (Å²) < 4.78 is 46.4. The molecule has 2 aromatic heterocycles. The van der Waals surface area contributed by atoms with Gasteiger partial charge in [-0.05, 0) is 19.1 Å². The Hall–Kier alpha value is -2.21. The first-order chi connectivity index (χ1) is 13.7. The van der Waals surface area contributed by atoms with Gasteiger partial charge in [0.2, 0.25) is 5.95 Å². The third-order valence-electron chi connectivity index (χ3n) is 3.47. The summed E-state index contributed by atoms with van der Waals surface area (Å²) in [6.07, 6.45) is 0. The van der Waals surface area contributed by atoms with Crippen molar-refractivity contribution in [3.8, 4) is 6.01 Å². The highest BCUT2D eigenvalue weighted by Crippen LogP contribution is 2.36. The van der Waals surface area contributed by atoms with Crippen molar-refractivity contribution in [2.75, 3.05) is 16.8 Å². The Kier molecular flexibility index (Phi) is 6.13. The van der Waals surface area contributed by atoms with Crippen molar-refractivity contribution in [3.05, 3.63) is 40.3 Å². The number of hydrogen-bond donors (Lipinski definition) is 0. The molecule has 1 aromatic carbocycles. The van der Waals surface area contributed by atoms with Crippen LogP contribution in [-0.4, -0.2) is 46.4 Å². The molecule has 0 spiro atoms. The van der Waals surface area contributed by atoms with Crippen molar-refractivity contribution in [2.24, 2.45) is 0 Å². The van der Waals surface area contributed by atoms with Crippen LogP contribution in [0.15, 0.2) is 29.4 Å². The smallest absolute Gasteiger partial charge is 0.322 e. The topological polar surface area (TPSA) is 107 Å². The minimum atomic E-state index is -4.74. The molecule has 2 heterocycles. The second-order valence-electron chi connectivity index (χ2n) is 5.33. The Balaban J connectivity index is 2.24. The Morgan fingerprint density at radius 3 is 2.52 bits per heavy atom. The lowest BCUT2D eigenvalue weighted by molar-refractivity contribution is -0.115. The van der Waals surface area contributed by atoms with E-state index in [4.69, 9.17) is 39.5 Å². The van der Waals surface area contributed by atoms with Gasteiger partial charge in [-0.2, -0.15) is 31.6 Å². The molecule has 154 valence electrons. The highest BCUT2D eigenvalue weighted by Gasteiger charge is 2.37. The molecule has 9 nitrogen and oxygen atoms in total. The fourth-order valence-corrected chi connectivity index (χ4v) is 4.53. The maximum Gasteiger partial charge on any atom is 0.322 e.